The van der Waals surface area contributed by atoms with E-state index in [-0.39, 0.29) is 17.4 Å². The number of aromatic amines is 1. The molecule has 0 aliphatic rings. The van der Waals surface area contributed by atoms with Crippen molar-refractivity contribution in [1.29, 1.82) is 0 Å². The van der Waals surface area contributed by atoms with E-state index in [4.69, 9.17) is 17.3 Å². The summed E-state index contributed by atoms with van der Waals surface area (Å²) in [6.45, 7) is 0.553. The van der Waals surface area contributed by atoms with Crippen molar-refractivity contribution in [3.05, 3.63) is 34.7 Å². The monoisotopic (exact) mass is 248 g/mol. The van der Waals surface area contributed by atoms with Crippen LogP contribution in [0.4, 0.5) is 4.39 Å². The molecule has 2 nitrogen and oxygen atoms in total. The molecule has 0 radical (unpaired) electrons. The van der Waals surface area contributed by atoms with E-state index in [0.29, 0.717) is 6.54 Å². The minimum absolute atomic E-state index is 0. The number of H-pyrrole nitrogens is 1. The van der Waals surface area contributed by atoms with Gasteiger partial charge in [-0.15, -0.1) is 12.4 Å². The topological polar surface area (TPSA) is 41.8 Å². The van der Waals surface area contributed by atoms with Crippen LogP contribution in [0.5, 0.6) is 0 Å². The zero-order chi connectivity index (χ0) is 10.1. The normalized spacial score (nSPS) is 10.3. The summed E-state index contributed by atoms with van der Waals surface area (Å²) in [4.78, 5) is 3.03. The Morgan fingerprint density at radius 2 is 2.13 bits per heavy atom. The third-order valence-electron chi connectivity index (χ3n) is 2.22. The Morgan fingerprint density at radius 1 is 1.40 bits per heavy atom. The Labute approximate surface area is 98.0 Å². The highest BCUT2D eigenvalue weighted by Gasteiger charge is 2.07. The molecular weight excluding hydrogens is 238 g/mol. The lowest BCUT2D eigenvalue weighted by Crippen LogP contribution is -2.01. The second-order valence-electron chi connectivity index (χ2n) is 3.16. The average Bonchev–Trinajstić information content (AvgIpc) is 2.51. The summed E-state index contributed by atoms with van der Waals surface area (Å²) in [5.41, 5.74) is 7.32. The van der Waals surface area contributed by atoms with Gasteiger partial charge in [0.2, 0.25) is 0 Å². The number of nitrogens with one attached hydrogen (secondary N) is 1. The van der Waals surface area contributed by atoms with Crippen molar-refractivity contribution in [3.63, 3.8) is 0 Å². The van der Waals surface area contributed by atoms with Gasteiger partial charge < -0.3 is 10.7 Å². The maximum Gasteiger partial charge on any atom is 0.142 e. The van der Waals surface area contributed by atoms with Crippen molar-refractivity contribution < 1.29 is 4.39 Å². The van der Waals surface area contributed by atoms with Crippen molar-refractivity contribution in [1.82, 2.24) is 4.98 Å². The molecule has 0 amide bonds. The van der Waals surface area contributed by atoms with Gasteiger partial charge in [0.1, 0.15) is 5.82 Å². The van der Waals surface area contributed by atoms with Gasteiger partial charge in [-0.25, -0.2) is 4.39 Å². The average molecular weight is 249 g/mol. The van der Waals surface area contributed by atoms with E-state index in [2.05, 4.69) is 4.98 Å². The molecule has 0 bridgehead atoms. The Hall–Kier alpha value is -0.770. The fourth-order valence-corrected chi connectivity index (χ4v) is 1.70. The Morgan fingerprint density at radius 3 is 2.80 bits per heavy atom. The second-order valence-corrected chi connectivity index (χ2v) is 3.57. The maximum atomic E-state index is 13.2. The number of hydrogen-bond acceptors (Lipinski definition) is 1. The number of benzene rings is 1. The molecule has 0 aliphatic heterocycles. The van der Waals surface area contributed by atoms with Gasteiger partial charge in [0.05, 0.1) is 5.02 Å². The van der Waals surface area contributed by atoms with E-state index >= 15 is 0 Å². The fraction of sp³-hybridized carbons (Fsp3) is 0.200. The molecule has 3 N–H and O–H groups in total. The van der Waals surface area contributed by atoms with Crippen LogP contribution >= 0.6 is 24.0 Å². The van der Waals surface area contributed by atoms with E-state index in [1.165, 1.54) is 6.07 Å². The van der Waals surface area contributed by atoms with Crippen molar-refractivity contribution in [2.45, 2.75) is 6.42 Å². The summed E-state index contributed by atoms with van der Waals surface area (Å²) in [6, 6.07) is 3.03. The first-order valence-electron chi connectivity index (χ1n) is 4.37. The van der Waals surface area contributed by atoms with Crippen LogP contribution in [0.25, 0.3) is 10.9 Å². The lowest BCUT2D eigenvalue weighted by atomic mass is 10.1. The first kappa shape index (κ1) is 12.3. The van der Waals surface area contributed by atoms with E-state index in [0.717, 1.165) is 22.9 Å². The van der Waals surface area contributed by atoms with Gasteiger partial charge in [-0.2, -0.15) is 0 Å². The molecule has 1 aromatic carbocycles. The summed E-state index contributed by atoms with van der Waals surface area (Å²) in [5, 5.41) is 0.996. The second kappa shape index (κ2) is 4.84. The Kier molecular flexibility index (Phi) is 3.97. The number of fused-ring (bicyclic) bond motifs is 1. The van der Waals surface area contributed by atoms with Gasteiger partial charge in [-0.05, 0) is 30.7 Å². The number of aromatic nitrogens is 1. The van der Waals surface area contributed by atoms with Gasteiger partial charge in [-0.3, -0.25) is 0 Å². The zero-order valence-corrected chi connectivity index (χ0v) is 9.46. The van der Waals surface area contributed by atoms with Crippen molar-refractivity contribution >= 4 is 34.9 Å². The smallest absolute Gasteiger partial charge is 0.142 e. The Bertz CT molecular complexity index is 468. The quantitative estimate of drug-likeness (QED) is 0.844. The first-order chi connectivity index (χ1) is 6.72. The molecule has 1 heterocycles. The number of nitrogens with two attached hydrogens (primary N) is 1. The predicted molar refractivity (Wildman–Crippen MR) is 63.3 cm³/mol. The van der Waals surface area contributed by atoms with Gasteiger partial charge >= 0.3 is 0 Å². The lowest BCUT2D eigenvalue weighted by Gasteiger charge is -1.97. The molecule has 15 heavy (non-hydrogen) atoms. The minimum Gasteiger partial charge on any atom is -0.361 e. The third kappa shape index (κ3) is 2.25. The molecule has 2 rings (SSSR count). The summed E-state index contributed by atoms with van der Waals surface area (Å²) >= 11 is 5.65. The summed E-state index contributed by atoms with van der Waals surface area (Å²) in [6.07, 6.45) is 2.58. The molecule has 0 aliphatic carbocycles. The van der Waals surface area contributed by atoms with Crippen LogP contribution in [0.15, 0.2) is 18.3 Å². The summed E-state index contributed by atoms with van der Waals surface area (Å²) in [7, 11) is 0. The highest BCUT2D eigenvalue weighted by Crippen LogP contribution is 2.25. The first-order valence-corrected chi connectivity index (χ1v) is 4.75. The molecule has 0 saturated carbocycles. The number of rotatable bonds is 2. The molecular formula is C10H11Cl2FN2. The minimum atomic E-state index is -0.392. The van der Waals surface area contributed by atoms with E-state index in [9.17, 15) is 4.39 Å². The van der Waals surface area contributed by atoms with Crippen LogP contribution in [0.1, 0.15) is 5.56 Å². The highest BCUT2D eigenvalue weighted by molar-refractivity contribution is 6.31. The lowest BCUT2D eigenvalue weighted by molar-refractivity contribution is 0.630. The number of hydrogen-bond donors (Lipinski definition) is 2. The van der Waals surface area contributed by atoms with Gasteiger partial charge in [0.25, 0.3) is 0 Å². The maximum absolute atomic E-state index is 13.2. The summed E-state index contributed by atoms with van der Waals surface area (Å²) < 4.78 is 13.2. The SMILES string of the molecule is Cl.NCCc1c[nH]c2cc(Cl)c(F)cc12. The predicted octanol–water partition coefficient (Wildman–Crippen LogP) is 2.88. The van der Waals surface area contributed by atoms with E-state index in [1.807, 2.05) is 6.20 Å². The fourth-order valence-electron chi connectivity index (χ4n) is 1.54. The molecule has 0 fully saturated rings. The van der Waals surface area contributed by atoms with Gasteiger partial charge in [-0.1, -0.05) is 11.6 Å². The van der Waals surface area contributed by atoms with Crippen LogP contribution in [0.2, 0.25) is 5.02 Å². The van der Waals surface area contributed by atoms with Gasteiger partial charge in [0, 0.05) is 17.1 Å². The molecule has 0 unspecified atom stereocenters. The van der Waals surface area contributed by atoms with Gasteiger partial charge in [0.15, 0.2) is 0 Å². The third-order valence-corrected chi connectivity index (χ3v) is 2.51. The van der Waals surface area contributed by atoms with Crippen molar-refractivity contribution in [3.8, 4) is 0 Å². The molecule has 0 spiro atoms. The molecule has 82 valence electrons. The van der Waals surface area contributed by atoms with E-state index in [1.54, 1.807) is 6.07 Å². The molecule has 0 atom stereocenters. The largest absolute Gasteiger partial charge is 0.361 e. The molecule has 5 heteroatoms. The van der Waals surface area contributed by atoms with Crippen LogP contribution in [-0.4, -0.2) is 11.5 Å². The van der Waals surface area contributed by atoms with Crippen LogP contribution in [0, 0.1) is 5.82 Å². The van der Waals surface area contributed by atoms with Crippen LogP contribution in [0.3, 0.4) is 0 Å². The number of halogens is 3. The Balaban J connectivity index is 0.00000112. The standard InChI is InChI=1S/C10H10ClFN2.ClH/c11-8-4-10-7(3-9(8)12)6(1-2-13)5-14-10;/h3-5,14H,1-2,13H2;1H. The highest BCUT2D eigenvalue weighted by atomic mass is 35.5. The molecule has 0 saturated heterocycles. The van der Waals surface area contributed by atoms with Crippen molar-refractivity contribution in [2.24, 2.45) is 5.73 Å². The van der Waals surface area contributed by atoms with Crippen LogP contribution < -0.4 is 5.73 Å². The van der Waals surface area contributed by atoms with E-state index < -0.39 is 5.82 Å². The zero-order valence-electron chi connectivity index (χ0n) is 7.89. The van der Waals surface area contributed by atoms with Crippen molar-refractivity contribution in [2.75, 3.05) is 6.54 Å². The summed E-state index contributed by atoms with van der Waals surface area (Å²) in [5.74, 6) is -0.392. The molecule has 1 aromatic heterocycles. The van der Waals surface area contributed by atoms with Crippen LogP contribution in [-0.2, 0) is 6.42 Å². The molecule has 2 aromatic rings.